The predicted octanol–water partition coefficient (Wildman–Crippen LogP) is -4.12. The Kier molecular flexibility index (Phi) is 1.97. The fourth-order valence-corrected chi connectivity index (χ4v) is 2.08. The Hall–Kier alpha value is -2.57. The zero-order valence-electron chi connectivity index (χ0n) is 8.52. The number of hydrogen-bond donors (Lipinski definition) is 3. The Morgan fingerprint density at radius 1 is 0.706 bits per heavy atom. The summed E-state index contributed by atoms with van der Waals surface area (Å²) in [4.78, 5) is 0. The maximum absolute atomic E-state index is 3.89. The molecule has 0 saturated carbocycles. The highest BCUT2D eigenvalue weighted by molar-refractivity contribution is 6.19. The summed E-state index contributed by atoms with van der Waals surface area (Å²) < 4.78 is 0. The number of nitrogens with zero attached hydrogens (tertiary/aromatic N) is 9. The van der Waals surface area contributed by atoms with Gasteiger partial charge in [0.25, 0.3) is 0 Å². The molecule has 3 aromatic rings. The van der Waals surface area contributed by atoms with Crippen LogP contribution in [0.15, 0.2) is 0 Å². The number of aromatic nitrogens is 12. The lowest BCUT2D eigenvalue weighted by atomic mass is 10.1. The topological polar surface area (TPSA) is 163 Å². The smallest absolute Gasteiger partial charge is 0.166 e. The quantitative estimate of drug-likeness (QED) is 0.391. The highest BCUT2D eigenvalue weighted by atomic mass is 28.1. The van der Waals surface area contributed by atoms with Gasteiger partial charge in [-0.3, -0.25) is 0 Å². The molecule has 86 valence electrons. The molecule has 0 aliphatic rings. The monoisotopic (exact) mass is 250 g/mol. The Labute approximate surface area is 95.4 Å². The Morgan fingerprint density at radius 2 is 1.06 bits per heavy atom. The second-order valence-corrected chi connectivity index (χ2v) is 4.87. The molecule has 0 aliphatic heterocycles. The van der Waals surface area contributed by atoms with Crippen LogP contribution >= 0.6 is 0 Å². The molecule has 0 amide bonds. The Balaban J connectivity index is 2.21. The summed E-state index contributed by atoms with van der Waals surface area (Å²) in [7, 11) is 0.556. The second-order valence-electron chi connectivity index (χ2n) is 3.37. The molecule has 0 unspecified atom stereocenters. The fourth-order valence-electron chi connectivity index (χ4n) is 1.45. The van der Waals surface area contributed by atoms with Crippen LogP contribution in [-0.4, -0.2) is 72.1 Å². The summed E-state index contributed by atoms with van der Waals surface area (Å²) in [6.45, 7) is 0. The molecule has 0 spiro atoms. The van der Waals surface area contributed by atoms with E-state index in [0.717, 1.165) is 0 Å². The van der Waals surface area contributed by atoms with Crippen LogP contribution in [0.5, 0.6) is 0 Å². The first-order valence-electron chi connectivity index (χ1n) is 4.54. The standard InChI is InChI=1S/C4H6N12Si/c17-4(1-5-11-12-6-1,2-7-13-14-8-2)3-9-15-16-10-3/h17H3,(H,5,6,11,12)(H,7,8,13,14)(H,9,10,15,16). The maximum atomic E-state index is 3.89. The van der Waals surface area contributed by atoms with E-state index >= 15 is 0 Å². The number of H-pyrrole nitrogens is 3. The number of aromatic amines is 3. The molecule has 0 atom stereocenters. The van der Waals surface area contributed by atoms with Crippen LogP contribution in [0.2, 0.25) is 0 Å². The van der Waals surface area contributed by atoms with Crippen LogP contribution in [0, 0.1) is 0 Å². The zero-order chi connectivity index (χ0) is 11.7. The summed E-state index contributed by atoms with van der Waals surface area (Å²) >= 11 is 0. The highest BCUT2D eigenvalue weighted by Gasteiger charge is 2.41. The van der Waals surface area contributed by atoms with E-state index in [0.29, 0.717) is 27.7 Å². The van der Waals surface area contributed by atoms with Gasteiger partial charge in [-0.05, 0) is 31.3 Å². The molecular formula is C4H6N12Si. The minimum atomic E-state index is -0.767. The van der Waals surface area contributed by atoms with Gasteiger partial charge in [-0.2, -0.15) is 0 Å². The van der Waals surface area contributed by atoms with E-state index < -0.39 is 5.04 Å². The van der Waals surface area contributed by atoms with Crippen molar-refractivity contribution in [1.29, 1.82) is 0 Å². The molecule has 0 radical (unpaired) electrons. The fraction of sp³-hybridized carbons (Fsp3) is 0.250. The van der Waals surface area contributed by atoms with Gasteiger partial charge >= 0.3 is 0 Å². The van der Waals surface area contributed by atoms with Crippen LogP contribution in [0.25, 0.3) is 0 Å². The molecule has 3 aromatic heterocycles. The van der Waals surface area contributed by atoms with Crippen molar-refractivity contribution in [3.8, 4) is 0 Å². The third-order valence-corrected chi connectivity index (χ3v) is 3.88. The first-order chi connectivity index (χ1) is 8.32. The van der Waals surface area contributed by atoms with E-state index in [1.165, 1.54) is 0 Å². The van der Waals surface area contributed by atoms with E-state index in [9.17, 15) is 0 Å². The molecule has 3 N–H and O–H groups in total. The normalized spacial score (nSPS) is 12.0. The van der Waals surface area contributed by atoms with E-state index in [1.54, 1.807) is 0 Å². The first kappa shape index (κ1) is 9.64. The van der Waals surface area contributed by atoms with Gasteiger partial charge in [0.2, 0.25) is 0 Å². The Morgan fingerprint density at radius 3 is 1.29 bits per heavy atom. The summed E-state index contributed by atoms with van der Waals surface area (Å²) in [5.41, 5.74) is 0. The average Bonchev–Trinajstić information content (AvgIpc) is 3.10. The van der Waals surface area contributed by atoms with Crippen molar-refractivity contribution in [3.05, 3.63) is 17.5 Å². The van der Waals surface area contributed by atoms with Crippen molar-refractivity contribution in [2.45, 2.75) is 5.04 Å². The van der Waals surface area contributed by atoms with Crippen LogP contribution in [0.4, 0.5) is 0 Å². The van der Waals surface area contributed by atoms with E-state index in [4.69, 9.17) is 0 Å². The molecule has 3 rings (SSSR count). The van der Waals surface area contributed by atoms with Gasteiger partial charge in [0.1, 0.15) is 5.04 Å². The largest absolute Gasteiger partial charge is 0.242 e. The lowest BCUT2D eigenvalue weighted by molar-refractivity contribution is 0.677. The van der Waals surface area contributed by atoms with Crippen LogP contribution in [-0.2, 0) is 5.04 Å². The van der Waals surface area contributed by atoms with E-state index in [2.05, 4.69) is 61.9 Å². The van der Waals surface area contributed by atoms with Gasteiger partial charge in [-0.1, -0.05) is 0 Å². The van der Waals surface area contributed by atoms with Gasteiger partial charge in [0.05, 0.1) is 0 Å². The summed E-state index contributed by atoms with van der Waals surface area (Å²) in [5.74, 6) is 1.42. The number of tetrazole rings is 3. The van der Waals surface area contributed by atoms with Crippen LogP contribution in [0.1, 0.15) is 17.5 Å². The molecule has 13 heteroatoms. The molecule has 0 aliphatic carbocycles. The molecule has 17 heavy (non-hydrogen) atoms. The molecule has 0 bridgehead atoms. The average molecular weight is 250 g/mol. The maximum Gasteiger partial charge on any atom is 0.166 e. The number of nitrogens with one attached hydrogen (secondary N) is 3. The minimum absolute atomic E-state index is 0.473. The van der Waals surface area contributed by atoms with Crippen molar-refractivity contribution in [3.63, 3.8) is 0 Å². The lowest BCUT2D eigenvalue weighted by Crippen LogP contribution is -2.34. The van der Waals surface area contributed by atoms with Crippen molar-refractivity contribution >= 4 is 10.2 Å². The summed E-state index contributed by atoms with van der Waals surface area (Å²) in [5, 5.41) is 40.2. The molecule has 0 saturated heterocycles. The van der Waals surface area contributed by atoms with Crippen LogP contribution < -0.4 is 0 Å². The molecular weight excluding hydrogens is 244 g/mol. The van der Waals surface area contributed by atoms with Gasteiger partial charge in [0, 0.05) is 10.2 Å². The summed E-state index contributed by atoms with van der Waals surface area (Å²) in [6.07, 6.45) is 0. The van der Waals surface area contributed by atoms with Gasteiger partial charge < -0.3 is 0 Å². The van der Waals surface area contributed by atoms with Crippen molar-refractivity contribution < 1.29 is 0 Å². The highest BCUT2D eigenvalue weighted by Crippen LogP contribution is 2.27. The minimum Gasteiger partial charge on any atom is -0.242 e. The molecule has 0 fully saturated rings. The zero-order valence-corrected chi connectivity index (χ0v) is 10.5. The lowest BCUT2D eigenvalue weighted by Gasteiger charge is -2.18. The Bertz CT molecular complexity index is 482. The van der Waals surface area contributed by atoms with Gasteiger partial charge in [-0.15, -0.1) is 15.3 Å². The van der Waals surface area contributed by atoms with Gasteiger partial charge in [-0.25, -0.2) is 15.3 Å². The number of rotatable bonds is 3. The van der Waals surface area contributed by atoms with Crippen molar-refractivity contribution in [2.75, 3.05) is 0 Å². The first-order valence-corrected chi connectivity index (χ1v) is 5.54. The third-order valence-electron chi connectivity index (χ3n) is 2.46. The second kappa shape index (κ2) is 3.48. The predicted molar refractivity (Wildman–Crippen MR) is 52.4 cm³/mol. The van der Waals surface area contributed by atoms with E-state index in [1.807, 2.05) is 0 Å². The van der Waals surface area contributed by atoms with E-state index in [-0.39, 0.29) is 0 Å². The summed E-state index contributed by atoms with van der Waals surface area (Å²) in [6, 6.07) is 0. The molecule has 0 aromatic carbocycles. The SMILES string of the molecule is [SiH3]C(c1nnn[nH]1)(c1nnn[nH]1)c1nnn[nH]1. The third kappa shape index (κ3) is 1.32. The molecule has 12 nitrogen and oxygen atoms in total. The molecule has 3 heterocycles. The number of hydrogen-bond acceptors (Lipinski definition) is 9. The van der Waals surface area contributed by atoms with Gasteiger partial charge in [0.15, 0.2) is 17.5 Å². The van der Waals surface area contributed by atoms with Crippen molar-refractivity contribution in [1.82, 2.24) is 61.9 Å². The van der Waals surface area contributed by atoms with Crippen LogP contribution in [0.3, 0.4) is 0 Å². The van der Waals surface area contributed by atoms with Crippen molar-refractivity contribution in [2.24, 2.45) is 0 Å².